The molecule has 6 aromatic carbocycles. The van der Waals surface area contributed by atoms with E-state index in [4.69, 9.17) is 0 Å². The summed E-state index contributed by atoms with van der Waals surface area (Å²) in [5.41, 5.74) is 11.1. The molecular formula is C37H33Br. The highest BCUT2D eigenvalue weighted by molar-refractivity contribution is 9.10. The third-order valence-corrected chi connectivity index (χ3v) is 9.68. The minimum absolute atomic E-state index is 0.0572. The highest BCUT2D eigenvalue weighted by atomic mass is 79.9. The standard InChI is InChI=1S/C37H33Br/c1-20(2)29-18-31(27-12-9-11-26-22-10-7-8-13-32(22)37(5,6)36(26)27)25-15-14-24-30(21(3)4)19-33(38)28-17-16-23(29)34(25)35(24)28/h7-21H,1-6H3. The highest BCUT2D eigenvalue weighted by Gasteiger charge is 2.37. The van der Waals surface area contributed by atoms with E-state index in [1.165, 1.54) is 81.3 Å². The lowest BCUT2D eigenvalue weighted by molar-refractivity contribution is 0.662. The average molecular weight is 558 g/mol. The molecule has 6 aromatic rings. The first kappa shape index (κ1) is 23.9. The van der Waals surface area contributed by atoms with Crippen molar-refractivity contribution in [2.75, 3.05) is 0 Å². The van der Waals surface area contributed by atoms with Crippen molar-refractivity contribution in [3.05, 3.63) is 106 Å². The number of rotatable bonds is 3. The van der Waals surface area contributed by atoms with Crippen molar-refractivity contribution in [2.24, 2.45) is 0 Å². The molecule has 0 unspecified atom stereocenters. The van der Waals surface area contributed by atoms with E-state index in [2.05, 4.69) is 136 Å². The minimum Gasteiger partial charge on any atom is -0.0619 e. The van der Waals surface area contributed by atoms with Gasteiger partial charge in [-0.25, -0.2) is 0 Å². The second-order valence-electron chi connectivity index (χ2n) is 12.2. The smallest absolute Gasteiger partial charge is 0.0257 e. The highest BCUT2D eigenvalue weighted by Crippen LogP contribution is 2.54. The molecular weight excluding hydrogens is 524 g/mol. The van der Waals surface area contributed by atoms with Crippen LogP contribution in [-0.2, 0) is 5.41 Å². The molecule has 0 saturated carbocycles. The maximum atomic E-state index is 3.94. The Labute approximate surface area is 234 Å². The van der Waals surface area contributed by atoms with Gasteiger partial charge in [0.1, 0.15) is 0 Å². The molecule has 0 spiro atoms. The predicted molar refractivity (Wildman–Crippen MR) is 169 cm³/mol. The van der Waals surface area contributed by atoms with E-state index in [1.807, 2.05) is 0 Å². The summed E-state index contributed by atoms with van der Waals surface area (Å²) in [5, 5.41) is 8.25. The van der Waals surface area contributed by atoms with Gasteiger partial charge < -0.3 is 0 Å². The molecule has 0 amide bonds. The van der Waals surface area contributed by atoms with Crippen molar-refractivity contribution in [3.63, 3.8) is 0 Å². The molecule has 0 aliphatic heterocycles. The van der Waals surface area contributed by atoms with E-state index in [1.54, 1.807) is 0 Å². The molecule has 38 heavy (non-hydrogen) atoms. The van der Waals surface area contributed by atoms with Gasteiger partial charge in [-0.1, -0.05) is 124 Å². The van der Waals surface area contributed by atoms with Crippen molar-refractivity contribution < 1.29 is 0 Å². The molecule has 1 heteroatoms. The van der Waals surface area contributed by atoms with Gasteiger partial charge in [0, 0.05) is 9.89 Å². The number of benzene rings is 6. The van der Waals surface area contributed by atoms with E-state index in [0.29, 0.717) is 11.8 Å². The van der Waals surface area contributed by atoms with E-state index < -0.39 is 0 Å². The Hall–Kier alpha value is -3.16. The van der Waals surface area contributed by atoms with Crippen LogP contribution >= 0.6 is 15.9 Å². The van der Waals surface area contributed by atoms with Gasteiger partial charge in [-0.15, -0.1) is 0 Å². The number of hydrogen-bond donors (Lipinski definition) is 0. The van der Waals surface area contributed by atoms with Crippen molar-refractivity contribution in [1.29, 1.82) is 0 Å². The third-order valence-electron chi connectivity index (χ3n) is 9.03. The predicted octanol–water partition coefficient (Wildman–Crippen LogP) is 11.6. The summed E-state index contributed by atoms with van der Waals surface area (Å²) in [7, 11) is 0. The van der Waals surface area contributed by atoms with Crippen LogP contribution in [0.15, 0.2) is 83.3 Å². The van der Waals surface area contributed by atoms with E-state index >= 15 is 0 Å². The van der Waals surface area contributed by atoms with Gasteiger partial charge in [-0.05, 0) is 101 Å². The Morgan fingerprint density at radius 2 is 1.08 bits per heavy atom. The van der Waals surface area contributed by atoms with Crippen LogP contribution in [0.4, 0.5) is 0 Å². The molecule has 0 radical (unpaired) electrons. The molecule has 188 valence electrons. The van der Waals surface area contributed by atoms with Gasteiger partial charge in [-0.2, -0.15) is 0 Å². The van der Waals surface area contributed by atoms with Gasteiger partial charge in [0.05, 0.1) is 0 Å². The fourth-order valence-corrected chi connectivity index (χ4v) is 7.83. The summed E-state index contributed by atoms with van der Waals surface area (Å²) < 4.78 is 1.19. The zero-order valence-electron chi connectivity index (χ0n) is 23.0. The van der Waals surface area contributed by atoms with Crippen LogP contribution in [0.2, 0.25) is 0 Å². The van der Waals surface area contributed by atoms with Gasteiger partial charge in [-0.3, -0.25) is 0 Å². The lowest BCUT2D eigenvalue weighted by Crippen LogP contribution is -2.16. The fraction of sp³-hybridized carbons (Fsp3) is 0.243. The van der Waals surface area contributed by atoms with E-state index in [-0.39, 0.29) is 5.41 Å². The molecule has 1 aliphatic carbocycles. The lowest BCUT2D eigenvalue weighted by atomic mass is 9.77. The molecule has 7 rings (SSSR count). The molecule has 0 nitrogen and oxygen atoms in total. The molecule has 0 heterocycles. The monoisotopic (exact) mass is 556 g/mol. The number of halogens is 1. The first-order valence-electron chi connectivity index (χ1n) is 13.9. The first-order valence-corrected chi connectivity index (χ1v) is 14.7. The third kappa shape index (κ3) is 3.09. The summed E-state index contributed by atoms with van der Waals surface area (Å²) in [5.74, 6) is 0.880. The quantitative estimate of drug-likeness (QED) is 0.190. The van der Waals surface area contributed by atoms with Crippen LogP contribution < -0.4 is 0 Å². The van der Waals surface area contributed by atoms with Crippen LogP contribution in [0, 0.1) is 0 Å². The van der Waals surface area contributed by atoms with Crippen LogP contribution in [-0.4, -0.2) is 0 Å². The average Bonchev–Trinajstić information content (AvgIpc) is 3.14. The van der Waals surface area contributed by atoms with Crippen molar-refractivity contribution in [3.8, 4) is 22.3 Å². The molecule has 0 bridgehead atoms. The van der Waals surface area contributed by atoms with Crippen molar-refractivity contribution in [1.82, 2.24) is 0 Å². The van der Waals surface area contributed by atoms with Crippen molar-refractivity contribution >= 4 is 48.2 Å². The summed E-state index contributed by atoms with van der Waals surface area (Å²) >= 11 is 3.94. The van der Waals surface area contributed by atoms with Gasteiger partial charge in [0.15, 0.2) is 0 Å². The van der Waals surface area contributed by atoms with Crippen LogP contribution in [0.3, 0.4) is 0 Å². The molecule has 0 fully saturated rings. The van der Waals surface area contributed by atoms with Gasteiger partial charge in [0.2, 0.25) is 0 Å². The van der Waals surface area contributed by atoms with Crippen LogP contribution in [0.1, 0.15) is 75.6 Å². The zero-order valence-corrected chi connectivity index (χ0v) is 24.6. The van der Waals surface area contributed by atoms with Crippen molar-refractivity contribution in [2.45, 2.75) is 58.8 Å². The maximum absolute atomic E-state index is 3.94. The van der Waals surface area contributed by atoms with E-state index in [9.17, 15) is 0 Å². The zero-order chi connectivity index (χ0) is 26.5. The number of hydrogen-bond acceptors (Lipinski definition) is 0. The van der Waals surface area contributed by atoms with E-state index in [0.717, 1.165) is 0 Å². The second-order valence-corrected chi connectivity index (χ2v) is 13.1. The summed E-state index contributed by atoms with van der Waals surface area (Å²) in [4.78, 5) is 0. The molecule has 0 aromatic heterocycles. The SMILES string of the molecule is CC(C)c1cc(Br)c2ccc3c(C(C)C)cc(-c4cccc5c4C(C)(C)c4ccccc4-5)c4ccc1c2c43. The van der Waals surface area contributed by atoms with Gasteiger partial charge in [0.25, 0.3) is 0 Å². The maximum Gasteiger partial charge on any atom is 0.0257 e. The van der Waals surface area contributed by atoms with Crippen LogP contribution in [0.25, 0.3) is 54.6 Å². The Morgan fingerprint density at radius 1 is 0.553 bits per heavy atom. The topological polar surface area (TPSA) is 0 Å². The summed E-state index contributed by atoms with van der Waals surface area (Å²) in [6.07, 6.45) is 0. The Morgan fingerprint density at radius 3 is 1.76 bits per heavy atom. The molecule has 1 aliphatic rings. The largest absolute Gasteiger partial charge is 0.0619 e. The Balaban J connectivity index is 1.66. The second kappa shape index (κ2) is 8.17. The number of fused-ring (bicyclic) bond motifs is 3. The molecule has 0 atom stereocenters. The van der Waals surface area contributed by atoms with Crippen LogP contribution in [0.5, 0.6) is 0 Å². The Bertz CT molecular complexity index is 1900. The summed E-state index contributed by atoms with van der Waals surface area (Å²) in [6.45, 7) is 14.1. The Kier molecular flexibility index (Phi) is 5.14. The lowest BCUT2D eigenvalue weighted by Gasteiger charge is -2.26. The van der Waals surface area contributed by atoms with Gasteiger partial charge >= 0.3 is 0 Å². The minimum atomic E-state index is -0.0572. The first-order chi connectivity index (χ1) is 18.2. The fourth-order valence-electron chi connectivity index (χ4n) is 7.25. The molecule has 0 saturated heterocycles. The molecule has 0 N–H and O–H groups in total. The summed E-state index contributed by atoms with van der Waals surface area (Å²) in [6, 6.07) is 30.2. The normalized spacial score (nSPS) is 14.3.